The first-order chi connectivity index (χ1) is 13.1. The number of nitrogens with one attached hydrogen (secondary N) is 1. The molecule has 2 aromatic heterocycles. The van der Waals surface area contributed by atoms with Crippen LogP contribution in [-0.4, -0.2) is 37.0 Å². The lowest BCUT2D eigenvalue weighted by Crippen LogP contribution is -2.56. The summed E-state index contributed by atoms with van der Waals surface area (Å²) in [5.74, 6) is 2.12. The quantitative estimate of drug-likeness (QED) is 0.760. The average Bonchev–Trinajstić information content (AvgIpc) is 3.29. The number of benzene rings is 1. The maximum Gasteiger partial charge on any atom is 0.250 e. The van der Waals surface area contributed by atoms with Gasteiger partial charge in [-0.25, -0.2) is 9.97 Å². The number of anilines is 2. The molecule has 0 saturated carbocycles. The number of hydrogen-bond donors (Lipinski definition) is 1. The predicted molar refractivity (Wildman–Crippen MR) is 103 cm³/mol. The molecule has 2 aliphatic heterocycles. The van der Waals surface area contributed by atoms with Gasteiger partial charge in [-0.1, -0.05) is 30.3 Å². The van der Waals surface area contributed by atoms with Gasteiger partial charge in [0.1, 0.15) is 17.1 Å². The van der Waals surface area contributed by atoms with E-state index in [2.05, 4.69) is 27.1 Å². The van der Waals surface area contributed by atoms with Crippen LogP contribution in [0.2, 0.25) is 0 Å². The minimum absolute atomic E-state index is 0.0169. The van der Waals surface area contributed by atoms with Gasteiger partial charge < -0.3 is 10.2 Å². The van der Waals surface area contributed by atoms with E-state index in [1.807, 2.05) is 48.0 Å². The second kappa shape index (κ2) is 5.64. The van der Waals surface area contributed by atoms with Gasteiger partial charge in [0, 0.05) is 24.0 Å². The van der Waals surface area contributed by atoms with Crippen molar-refractivity contribution in [2.75, 3.05) is 10.2 Å². The molecular weight excluding hydrogens is 340 g/mol. The number of rotatable bonds is 2. The van der Waals surface area contributed by atoms with E-state index in [0.29, 0.717) is 11.6 Å². The highest BCUT2D eigenvalue weighted by Gasteiger charge is 2.51. The van der Waals surface area contributed by atoms with Crippen LogP contribution in [0.25, 0.3) is 17.3 Å². The Morgan fingerprint density at radius 3 is 2.85 bits per heavy atom. The lowest BCUT2D eigenvalue weighted by atomic mass is 9.96. The summed E-state index contributed by atoms with van der Waals surface area (Å²) in [7, 11) is 0. The normalized spacial score (nSPS) is 23.7. The van der Waals surface area contributed by atoms with Gasteiger partial charge in [-0.15, -0.1) is 0 Å². The minimum Gasteiger partial charge on any atom is -0.338 e. The third kappa shape index (κ3) is 2.27. The number of carbonyl (C=O) groups excluding carboxylic acids is 1. The second-order valence-corrected chi connectivity index (χ2v) is 7.38. The molecule has 3 aromatic rings. The van der Waals surface area contributed by atoms with Gasteiger partial charge in [0.05, 0.1) is 6.20 Å². The first-order valence-corrected chi connectivity index (χ1v) is 9.15. The second-order valence-electron chi connectivity index (χ2n) is 7.38. The van der Waals surface area contributed by atoms with E-state index in [1.165, 1.54) is 0 Å². The van der Waals surface area contributed by atoms with E-state index in [1.54, 1.807) is 12.4 Å². The van der Waals surface area contributed by atoms with E-state index in [0.717, 1.165) is 30.0 Å². The molecule has 2 atom stereocenters. The van der Waals surface area contributed by atoms with Gasteiger partial charge >= 0.3 is 0 Å². The Morgan fingerprint density at radius 1 is 1.22 bits per heavy atom. The van der Waals surface area contributed by atoms with Crippen LogP contribution < -0.4 is 10.2 Å². The van der Waals surface area contributed by atoms with Crippen molar-refractivity contribution in [2.24, 2.45) is 0 Å². The van der Waals surface area contributed by atoms with Crippen LogP contribution in [0, 0.1) is 0 Å². The van der Waals surface area contributed by atoms with Gasteiger partial charge in [0.25, 0.3) is 0 Å². The van der Waals surface area contributed by atoms with E-state index >= 15 is 0 Å². The molecule has 1 N–H and O–H groups in total. The number of carbonyl (C=O) groups is 1. The first kappa shape index (κ1) is 16.0. The highest BCUT2D eigenvalue weighted by Crippen LogP contribution is 2.44. The lowest BCUT2D eigenvalue weighted by Gasteiger charge is -2.41. The van der Waals surface area contributed by atoms with Crippen LogP contribution in [0.1, 0.15) is 26.7 Å². The fraction of sp³-hybridized carbons (Fsp3) is 0.300. The average molecular weight is 360 g/mol. The third-order valence-corrected chi connectivity index (χ3v) is 5.63. The standard InChI is InChI=1S/C20H20N6O/c1-13-8-9-20(2)18(27)23-15-12-22-19(24-17(15)26(13)20)25-11-10-21-16(25)14-6-4-3-5-7-14/h3-7,10-13H,8-9H2,1-2H3,(H,23,27). The highest BCUT2D eigenvalue weighted by atomic mass is 16.2. The van der Waals surface area contributed by atoms with Crippen molar-refractivity contribution in [1.82, 2.24) is 19.5 Å². The summed E-state index contributed by atoms with van der Waals surface area (Å²) < 4.78 is 1.88. The monoisotopic (exact) mass is 360 g/mol. The Hall–Kier alpha value is -3.22. The SMILES string of the molecule is CC1CCC2(C)C(=O)Nc3cnc(-n4ccnc4-c4ccccc4)nc3N12. The fourth-order valence-corrected chi connectivity index (χ4v) is 4.17. The van der Waals surface area contributed by atoms with Crippen molar-refractivity contribution in [3.63, 3.8) is 0 Å². The fourth-order valence-electron chi connectivity index (χ4n) is 4.17. The maximum atomic E-state index is 12.6. The number of fused-ring (bicyclic) bond motifs is 3. The van der Waals surface area contributed by atoms with E-state index < -0.39 is 5.54 Å². The molecule has 1 saturated heterocycles. The van der Waals surface area contributed by atoms with Crippen molar-refractivity contribution >= 4 is 17.4 Å². The molecule has 0 spiro atoms. The molecule has 7 nitrogen and oxygen atoms in total. The summed E-state index contributed by atoms with van der Waals surface area (Å²) in [6, 6.07) is 10.2. The van der Waals surface area contributed by atoms with Gasteiger partial charge in [-0.3, -0.25) is 9.36 Å². The number of nitrogens with zero attached hydrogens (tertiary/aromatic N) is 5. The van der Waals surface area contributed by atoms with Crippen molar-refractivity contribution in [1.29, 1.82) is 0 Å². The molecule has 0 aliphatic carbocycles. The first-order valence-electron chi connectivity index (χ1n) is 9.15. The van der Waals surface area contributed by atoms with Crippen LogP contribution in [0.4, 0.5) is 11.5 Å². The van der Waals surface area contributed by atoms with Gasteiger partial charge in [0.15, 0.2) is 5.82 Å². The van der Waals surface area contributed by atoms with Crippen LogP contribution in [0.15, 0.2) is 48.9 Å². The number of hydrogen-bond acceptors (Lipinski definition) is 5. The van der Waals surface area contributed by atoms with Crippen LogP contribution in [0.3, 0.4) is 0 Å². The summed E-state index contributed by atoms with van der Waals surface area (Å²) >= 11 is 0. The van der Waals surface area contributed by atoms with Crippen LogP contribution in [-0.2, 0) is 4.79 Å². The molecule has 1 amide bonds. The summed E-state index contributed by atoms with van der Waals surface area (Å²) in [6.45, 7) is 4.13. The molecule has 2 aliphatic rings. The number of aromatic nitrogens is 4. The molecule has 1 aromatic carbocycles. The molecule has 27 heavy (non-hydrogen) atoms. The summed E-state index contributed by atoms with van der Waals surface area (Å²) in [5, 5.41) is 2.98. The van der Waals surface area contributed by atoms with Crippen molar-refractivity contribution < 1.29 is 4.79 Å². The molecule has 5 rings (SSSR count). The zero-order valence-electron chi connectivity index (χ0n) is 15.3. The van der Waals surface area contributed by atoms with E-state index in [4.69, 9.17) is 4.98 Å². The van der Waals surface area contributed by atoms with Crippen molar-refractivity contribution in [3.8, 4) is 17.3 Å². The van der Waals surface area contributed by atoms with E-state index in [9.17, 15) is 4.79 Å². The Labute approximate surface area is 157 Å². The maximum absolute atomic E-state index is 12.6. The molecular formula is C20H20N6O. The Balaban J connectivity index is 1.64. The molecule has 0 bridgehead atoms. The molecule has 7 heteroatoms. The number of imidazole rings is 1. The Bertz CT molecular complexity index is 1030. The highest BCUT2D eigenvalue weighted by molar-refractivity contribution is 6.06. The largest absolute Gasteiger partial charge is 0.338 e. The lowest BCUT2D eigenvalue weighted by molar-refractivity contribution is -0.120. The minimum atomic E-state index is -0.560. The zero-order valence-corrected chi connectivity index (χ0v) is 15.3. The summed E-state index contributed by atoms with van der Waals surface area (Å²) in [4.78, 5) is 28.6. The molecule has 136 valence electrons. The topological polar surface area (TPSA) is 75.9 Å². The summed E-state index contributed by atoms with van der Waals surface area (Å²) in [6.07, 6.45) is 7.07. The van der Waals surface area contributed by atoms with Gasteiger partial charge in [0.2, 0.25) is 11.9 Å². The number of amides is 1. The van der Waals surface area contributed by atoms with Gasteiger partial charge in [-0.05, 0) is 26.7 Å². The third-order valence-electron chi connectivity index (χ3n) is 5.63. The van der Waals surface area contributed by atoms with Gasteiger partial charge in [-0.2, -0.15) is 4.98 Å². The smallest absolute Gasteiger partial charge is 0.250 e. The van der Waals surface area contributed by atoms with Crippen LogP contribution in [0.5, 0.6) is 0 Å². The molecule has 4 heterocycles. The van der Waals surface area contributed by atoms with Crippen molar-refractivity contribution in [3.05, 3.63) is 48.9 Å². The Kier molecular flexibility index (Phi) is 3.34. The van der Waals surface area contributed by atoms with Crippen molar-refractivity contribution in [2.45, 2.75) is 38.3 Å². The molecule has 0 radical (unpaired) electrons. The van der Waals surface area contributed by atoms with Crippen LogP contribution >= 0.6 is 0 Å². The van der Waals surface area contributed by atoms with E-state index in [-0.39, 0.29) is 11.9 Å². The zero-order chi connectivity index (χ0) is 18.6. The molecule has 2 unspecified atom stereocenters. The summed E-state index contributed by atoms with van der Waals surface area (Å²) in [5.41, 5.74) is 1.10. The molecule has 1 fully saturated rings. The Morgan fingerprint density at radius 2 is 2.04 bits per heavy atom. The predicted octanol–water partition coefficient (Wildman–Crippen LogP) is 3.03.